The molecule has 0 saturated heterocycles. The Balaban J connectivity index is 1.74. The van der Waals surface area contributed by atoms with Crippen molar-refractivity contribution < 1.29 is 20.1 Å². The van der Waals surface area contributed by atoms with Gasteiger partial charge in [-0.2, -0.15) is 0 Å². The van der Waals surface area contributed by atoms with Crippen molar-refractivity contribution >= 4 is 5.78 Å². The van der Waals surface area contributed by atoms with Crippen LogP contribution in [0.25, 0.3) is 0 Å². The van der Waals surface area contributed by atoms with Crippen molar-refractivity contribution in [3.05, 3.63) is 11.6 Å². The van der Waals surface area contributed by atoms with Crippen LogP contribution in [0.5, 0.6) is 0 Å². The molecule has 4 heteroatoms. The molecule has 3 fully saturated rings. The third kappa shape index (κ3) is 2.11. The molecule has 2 unspecified atom stereocenters. The van der Waals surface area contributed by atoms with Crippen LogP contribution in [0.3, 0.4) is 0 Å². The van der Waals surface area contributed by atoms with E-state index in [4.69, 9.17) is 6.42 Å². The Labute approximate surface area is 155 Å². The normalized spacial score (nSPS) is 53.2. The van der Waals surface area contributed by atoms with Gasteiger partial charge in [0.2, 0.25) is 0 Å². The molecule has 3 N–H and O–H groups in total. The number of aliphatic hydroxyl groups is 3. The van der Waals surface area contributed by atoms with Crippen LogP contribution in [0.2, 0.25) is 0 Å². The summed E-state index contributed by atoms with van der Waals surface area (Å²) in [7, 11) is 0. The van der Waals surface area contributed by atoms with Gasteiger partial charge >= 0.3 is 0 Å². The van der Waals surface area contributed by atoms with E-state index in [1.807, 2.05) is 0 Å². The van der Waals surface area contributed by atoms with Crippen molar-refractivity contribution in [2.75, 3.05) is 6.61 Å². The summed E-state index contributed by atoms with van der Waals surface area (Å²) in [5.74, 6) is 3.20. The smallest absolute Gasteiger partial charge is 0.161 e. The van der Waals surface area contributed by atoms with Crippen LogP contribution in [0.15, 0.2) is 11.6 Å². The third-order valence-corrected chi connectivity index (χ3v) is 8.75. The van der Waals surface area contributed by atoms with Gasteiger partial charge in [0.05, 0.1) is 12.7 Å². The number of carbonyl (C=O) groups excluding carboxylic acids is 1. The summed E-state index contributed by atoms with van der Waals surface area (Å²) in [5.41, 5.74) is -0.758. The predicted octanol–water partition coefficient (Wildman–Crippen LogP) is 2.07. The Bertz CT molecular complexity index is 705. The van der Waals surface area contributed by atoms with E-state index in [0.29, 0.717) is 37.0 Å². The van der Waals surface area contributed by atoms with Crippen LogP contribution >= 0.6 is 0 Å². The second-order valence-electron chi connectivity index (χ2n) is 9.63. The molecule has 0 amide bonds. The molecule has 0 radical (unpaired) electrons. The standard InChI is InChI=1S/C22H30O4/c1-4-22(26)8-6-16-14-9-19(25)17-10-18(24)13(12-23)11-20(17,2)15(14)5-7-21(16,22)3/h1,10,13-16,19,23,25-26H,5-9,11-12H2,2-3H3/t13?,14-,15+,16+,19?,20-,21+,22-/m1/s1. The van der Waals surface area contributed by atoms with Crippen molar-refractivity contribution in [2.24, 2.45) is 34.5 Å². The van der Waals surface area contributed by atoms with Gasteiger partial charge < -0.3 is 15.3 Å². The second-order valence-corrected chi connectivity index (χ2v) is 9.63. The molecule has 0 aromatic rings. The van der Waals surface area contributed by atoms with Gasteiger partial charge in [-0.05, 0) is 73.3 Å². The maximum atomic E-state index is 12.3. The van der Waals surface area contributed by atoms with Crippen LogP contribution in [0.1, 0.15) is 52.4 Å². The van der Waals surface area contributed by atoms with Crippen molar-refractivity contribution in [3.8, 4) is 12.3 Å². The molecule has 4 nitrogen and oxygen atoms in total. The molecule has 0 bridgehead atoms. The number of hydrogen-bond donors (Lipinski definition) is 3. The minimum Gasteiger partial charge on any atom is -0.396 e. The SMILES string of the molecule is C#C[C@@]1(O)CC[C@H]2[C@@H]3CC(O)C4=CC(=O)C(CO)C[C@]4(C)[C@H]3CC[C@@]21C. The molecule has 3 saturated carbocycles. The minimum atomic E-state index is -1.05. The lowest BCUT2D eigenvalue weighted by Crippen LogP contribution is -2.57. The van der Waals surface area contributed by atoms with E-state index in [2.05, 4.69) is 19.8 Å². The van der Waals surface area contributed by atoms with Crippen LogP contribution in [0.4, 0.5) is 0 Å². The van der Waals surface area contributed by atoms with Crippen LogP contribution in [-0.4, -0.2) is 39.4 Å². The van der Waals surface area contributed by atoms with Gasteiger partial charge in [-0.25, -0.2) is 0 Å². The summed E-state index contributed by atoms with van der Waals surface area (Å²) in [6.45, 7) is 4.16. The molecule has 0 aromatic carbocycles. The van der Waals surface area contributed by atoms with E-state index < -0.39 is 11.7 Å². The molecule has 8 atom stereocenters. The summed E-state index contributed by atoms with van der Waals surface area (Å²) in [6.07, 6.45) is 11.3. The molecule has 0 heterocycles. The van der Waals surface area contributed by atoms with Gasteiger partial charge in [-0.15, -0.1) is 6.42 Å². The third-order valence-electron chi connectivity index (χ3n) is 8.75. The highest BCUT2D eigenvalue weighted by Crippen LogP contribution is 2.67. The Morgan fingerprint density at radius 3 is 2.62 bits per heavy atom. The summed E-state index contributed by atoms with van der Waals surface area (Å²) in [4.78, 5) is 12.3. The average molecular weight is 358 g/mol. The molecule has 26 heavy (non-hydrogen) atoms. The quantitative estimate of drug-likeness (QED) is 0.627. The van der Waals surface area contributed by atoms with Gasteiger partial charge in [-0.1, -0.05) is 19.8 Å². The highest BCUT2D eigenvalue weighted by Gasteiger charge is 2.65. The zero-order valence-corrected chi connectivity index (χ0v) is 15.7. The number of rotatable bonds is 1. The second kappa shape index (κ2) is 5.67. The van der Waals surface area contributed by atoms with Gasteiger partial charge in [0.15, 0.2) is 5.78 Å². The van der Waals surface area contributed by atoms with Gasteiger partial charge in [0.1, 0.15) is 5.60 Å². The number of carbonyl (C=O) groups is 1. The van der Waals surface area contributed by atoms with Crippen molar-refractivity contribution in [1.82, 2.24) is 0 Å². The number of ketones is 1. The summed E-state index contributed by atoms with van der Waals surface area (Å²) >= 11 is 0. The fraction of sp³-hybridized carbons (Fsp3) is 0.773. The van der Waals surface area contributed by atoms with E-state index in [-0.39, 0.29) is 29.1 Å². The van der Waals surface area contributed by atoms with Gasteiger partial charge in [0, 0.05) is 11.3 Å². The first-order chi connectivity index (χ1) is 12.2. The number of aliphatic hydroxyl groups excluding tert-OH is 2. The Morgan fingerprint density at radius 2 is 1.96 bits per heavy atom. The number of terminal acetylenes is 1. The van der Waals surface area contributed by atoms with E-state index in [1.165, 1.54) is 0 Å². The van der Waals surface area contributed by atoms with Crippen LogP contribution in [0, 0.1) is 46.8 Å². The fourth-order valence-electron chi connectivity index (χ4n) is 7.21. The number of hydrogen-bond acceptors (Lipinski definition) is 4. The highest BCUT2D eigenvalue weighted by molar-refractivity contribution is 5.94. The number of fused-ring (bicyclic) bond motifs is 5. The van der Waals surface area contributed by atoms with E-state index in [0.717, 1.165) is 24.8 Å². The van der Waals surface area contributed by atoms with Crippen molar-refractivity contribution in [3.63, 3.8) is 0 Å². The Morgan fingerprint density at radius 1 is 1.27 bits per heavy atom. The van der Waals surface area contributed by atoms with Crippen LogP contribution in [-0.2, 0) is 4.79 Å². The van der Waals surface area contributed by atoms with E-state index >= 15 is 0 Å². The summed E-state index contributed by atoms with van der Waals surface area (Å²) < 4.78 is 0. The molecule has 0 aromatic heterocycles. The first kappa shape index (κ1) is 18.2. The fourth-order valence-corrected chi connectivity index (χ4v) is 7.21. The van der Waals surface area contributed by atoms with Crippen LogP contribution < -0.4 is 0 Å². The zero-order valence-electron chi connectivity index (χ0n) is 15.7. The molecule has 4 rings (SSSR count). The van der Waals surface area contributed by atoms with Gasteiger partial charge in [0.25, 0.3) is 0 Å². The lowest BCUT2D eigenvalue weighted by molar-refractivity contribution is -0.131. The first-order valence-corrected chi connectivity index (χ1v) is 9.95. The predicted molar refractivity (Wildman–Crippen MR) is 97.8 cm³/mol. The minimum absolute atomic E-state index is 0.0549. The maximum absolute atomic E-state index is 12.3. The highest BCUT2D eigenvalue weighted by atomic mass is 16.3. The topological polar surface area (TPSA) is 77.8 Å². The summed E-state index contributed by atoms with van der Waals surface area (Å²) in [5, 5.41) is 31.6. The zero-order chi connectivity index (χ0) is 18.9. The van der Waals surface area contributed by atoms with Crippen molar-refractivity contribution in [2.45, 2.75) is 64.1 Å². The largest absolute Gasteiger partial charge is 0.396 e. The molecule has 0 aliphatic heterocycles. The lowest BCUT2D eigenvalue weighted by Gasteiger charge is -2.60. The Hall–Kier alpha value is -1.15. The lowest BCUT2D eigenvalue weighted by atomic mass is 9.45. The summed E-state index contributed by atoms with van der Waals surface area (Å²) in [6, 6.07) is 0. The maximum Gasteiger partial charge on any atom is 0.161 e. The molecule has 142 valence electrons. The molecule has 4 aliphatic rings. The monoisotopic (exact) mass is 358 g/mol. The first-order valence-electron chi connectivity index (χ1n) is 9.95. The van der Waals surface area contributed by atoms with Crippen molar-refractivity contribution in [1.29, 1.82) is 0 Å². The van der Waals surface area contributed by atoms with E-state index in [1.54, 1.807) is 6.08 Å². The molecule has 0 spiro atoms. The molecular formula is C22H30O4. The molecule has 4 aliphatic carbocycles. The Kier molecular flexibility index (Phi) is 3.98. The van der Waals surface area contributed by atoms with E-state index in [9.17, 15) is 20.1 Å². The van der Waals surface area contributed by atoms with Gasteiger partial charge in [-0.3, -0.25) is 4.79 Å². The molecular weight excluding hydrogens is 328 g/mol. The average Bonchev–Trinajstić information content (AvgIpc) is 2.88.